The molecule has 0 saturated carbocycles. The van der Waals surface area contributed by atoms with Crippen molar-refractivity contribution >= 4 is 51.6 Å². The first-order valence-corrected chi connectivity index (χ1v) is 8.90. The van der Waals surface area contributed by atoms with Gasteiger partial charge in [-0.05, 0) is 36.4 Å². The SMILES string of the molecule is Nc1cc2c(Nc3ccc(Sc4ccccn4)c(Cl)c3)ncnc2cn1. The van der Waals surface area contributed by atoms with Crippen molar-refractivity contribution in [2.75, 3.05) is 11.1 Å². The maximum atomic E-state index is 6.44. The van der Waals surface area contributed by atoms with Gasteiger partial charge in [-0.15, -0.1) is 0 Å². The number of hydrogen-bond donors (Lipinski definition) is 2. The minimum absolute atomic E-state index is 0.412. The van der Waals surface area contributed by atoms with Crippen molar-refractivity contribution in [2.45, 2.75) is 9.92 Å². The summed E-state index contributed by atoms with van der Waals surface area (Å²) in [5, 5.41) is 5.58. The predicted molar refractivity (Wildman–Crippen MR) is 105 cm³/mol. The second kappa shape index (κ2) is 7.15. The summed E-state index contributed by atoms with van der Waals surface area (Å²) in [5.74, 6) is 1.06. The standard InChI is InChI=1S/C18H13ClN6S/c19-13-7-11(4-5-15(13)26-17-3-1-2-6-21-17)25-18-12-8-16(20)22-9-14(12)23-10-24-18/h1-10H,(H2,20,22)(H,23,24,25). The van der Waals surface area contributed by atoms with E-state index in [9.17, 15) is 0 Å². The number of fused-ring (bicyclic) bond motifs is 1. The van der Waals surface area contributed by atoms with E-state index in [4.69, 9.17) is 17.3 Å². The molecular formula is C18H13ClN6S. The zero-order valence-corrected chi connectivity index (χ0v) is 15.0. The van der Waals surface area contributed by atoms with E-state index in [2.05, 4.69) is 25.3 Å². The van der Waals surface area contributed by atoms with Crippen LogP contribution in [-0.2, 0) is 0 Å². The van der Waals surface area contributed by atoms with Crippen LogP contribution in [0.4, 0.5) is 17.3 Å². The normalized spacial score (nSPS) is 10.8. The number of pyridine rings is 2. The van der Waals surface area contributed by atoms with Crippen LogP contribution in [0.5, 0.6) is 0 Å². The maximum Gasteiger partial charge on any atom is 0.141 e. The summed E-state index contributed by atoms with van der Waals surface area (Å²) in [5.41, 5.74) is 7.31. The molecule has 0 amide bonds. The highest BCUT2D eigenvalue weighted by Crippen LogP contribution is 2.34. The van der Waals surface area contributed by atoms with Crippen molar-refractivity contribution in [1.82, 2.24) is 19.9 Å². The van der Waals surface area contributed by atoms with Crippen LogP contribution in [0.15, 0.2) is 71.1 Å². The topological polar surface area (TPSA) is 89.6 Å². The molecule has 4 aromatic rings. The number of benzene rings is 1. The molecule has 0 bridgehead atoms. The van der Waals surface area contributed by atoms with E-state index in [0.717, 1.165) is 21.0 Å². The highest BCUT2D eigenvalue weighted by Gasteiger charge is 2.08. The van der Waals surface area contributed by atoms with E-state index in [0.29, 0.717) is 22.2 Å². The maximum absolute atomic E-state index is 6.44. The molecule has 3 N–H and O–H groups in total. The molecule has 0 aliphatic carbocycles. The molecule has 0 saturated heterocycles. The van der Waals surface area contributed by atoms with Crippen LogP contribution < -0.4 is 11.1 Å². The molecule has 3 heterocycles. The van der Waals surface area contributed by atoms with Gasteiger partial charge in [-0.1, -0.05) is 29.4 Å². The molecule has 4 rings (SSSR count). The van der Waals surface area contributed by atoms with Gasteiger partial charge in [-0.3, -0.25) is 0 Å². The monoisotopic (exact) mass is 380 g/mol. The third-order valence-electron chi connectivity index (χ3n) is 3.59. The second-order valence-electron chi connectivity index (χ2n) is 5.39. The van der Waals surface area contributed by atoms with E-state index in [1.54, 1.807) is 18.5 Å². The smallest absolute Gasteiger partial charge is 0.141 e. The molecule has 6 nitrogen and oxygen atoms in total. The Labute approximate surface area is 158 Å². The van der Waals surface area contributed by atoms with E-state index in [1.165, 1.54) is 18.1 Å². The highest BCUT2D eigenvalue weighted by molar-refractivity contribution is 7.99. The predicted octanol–water partition coefficient (Wildman–Crippen LogP) is 4.55. The van der Waals surface area contributed by atoms with E-state index < -0.39 is 0 Å². The van der Waals surface area contributed by atoms with Gasteiger partial charge in [0.15, 0.2) is 0 Å². The first kappa shape index (κ1) is 16.6. The Morgan fingerprint density at radius 3 is 2.73 bits per heavy atom. The van der Waals surface area contributed by atoms with Crippen molar-refractivity contribution in [2.24, 2.45) is 0 Å². The summed E-state index contributed by atoms with van der Waals surface area (Å²) in [6.45, 7) is 0. The van der Waals surface area contributed by atoms with Crippen LogP contribution in [0.1, 0.15) is 0 Å². The van der Waals surface area contributed by atoms with Crippen LogP contribution >= 0.6 is 23.4 Å². The third kappa shape index (κ3) is 3.54. The Bertz CT molecular complexity index is 1070. The number of hydrogen-bond acceptors (Lipinski definition) is 7. The van der Waals surface area contributed by atoms with E-state index >= 15 is 0 Å². The fourth-order valence-corrected chi connectivity index (χ4v) is 3.47. The zero-order chi connectivity index (χ0) is 17.9. The molecular weight excluding hydrogens is 368 g/mol. The summed E-state index contributed by atoms with van der Waals surface area (Å²) < 4.78 is 0. The molecule has 0 spiro atoms. The van der Waals surface area contributed by atoms with Crippen LogP contribution in [0.3, 0.4) is 0 Å². The van der Waals surface area contributed by atoms with Gasteiger partial charge in [0.1, 0.15) is 23.0 Å². The number of nitrogens with one attached hydrogen (secondary N) is 1. The summed E-state index contributed by atoms with van der Waals surface area (Å²) in [6.07, 6.45) is 4.86. The van der Waals surface area contributed by atoms with Gasteiger partial charge < -0.3 is 11.1 Å². The van der Waals surface area contributed by atoms with Crippen molar-refractivity contribution in [1.29, 1.82) is 0 Å². The molecule has 0 aliphatic rings. The first-order valence-electron chi connectivity index (χ1n) is 7.71. The van der Waals surface area contributed by atoms with Crippen molar-refractivity contribution < 1.29 is 0 Å². The van der Waals surface area contributed by atoms with Gasteiger partial charge in [0.25, 0.3) is 0 Å². The number of nitrogens with two attached hydrogens (primary N) is 1. The number of halogens is 1. The lowest BCUT2D eigenvalue weighted by Crippen LogP contribution is -1.98. The first-order chi connectivity index (χ1) is 12.7. The summed E-state index contributed by atoms with van der Waals surface area (Å²) >= 11 is 7.95. The lowest BCUT2D eigenvalue weighted by atomic mass is 10.2. The zero-order valence-electron chi connectivity index (χ0n) is 13.4. The molecule has 0 atom stereocenters. The Morgan fingerprint density at radius 2 is 1.92 bits per heavy atom. The van der Waals surface area contributed by atoms with Crippen LogP contribution in [0.2, 0.25) is 5.02 Å². The molecule has 8 heteroatoms. The molecule has 128 valence electrons. The quantitative estimate of drug-likeness (QED) is 0.536. The summed E-state index contributed by atoms with van der Waals surface area (Å²) in [4.78, 5) is 17.8. The molecule has 26 heavy (non-hydrogen) atoms. The summed E-state index contributed by atoms with van der Waals surface area (Å²) in [6, 6.07) is 13.3. The van der Waals surface area contributed by atoms with Crippen LogP contribution in [0, 0.1) is 0 Å². The molecule has 0 aliphatic heterocycles. The second-order valence-corrected chi connectivity index (χ2v) is 6.86. The minimum Gasteiger partial charge on any atom is -0.384 e. The molecule has 0 radical (unpaired) electrons. The lowest BCUT2D eigenvalue weighted by molar-refractivity contribution is 1.13. The van der Waals surface area contributed by atoms with Crippen molar-refractivity contribution in [3.8, 4) is 0 Å². The highest BCUT2D eigenvalue weighted by atomic mass is 35.5. The fourth-order valence-electron chi connectivity index (χ4n) is 2.39. The lowest BCUT2D eigenvalue weighted by Gasteiger charge is -2.10. The van der Waals surface area contributed by atoms with Gasteiger partial charge in [0.2, 0.25) is 0 Å². The van der Waals surface area contributed by atoms with Gasteiger partial charge in [0, 0.05) is 22.2 Å². The third-order valence-corrected chi connectivity index (χ3v) is 5.04. The Kier molecular flexibility index (Phi) is 4.55. The fraction of sp³-hybridized carbons (Fsp3) is 0. The van der Waals surface area contributed by atoms with Gasteiger partial charge >= 0.3 is 0 Å². The van der Waals surface area contributed by atoms with E-state index in [-0.39, 0.29) is 0 Å². The Hall–Kier alpha value is -2.90. The van der Waals surface area contributed by atoms with Crippen molar-refractivity contribution in [3.63, 3.8) is 0 Å². The van der Waals surface area contributed by atoms with Crippen LogP contribution in [-0.4, -0.2) is 19.9 Å². The van der Waals surface area contributed by atoms with Gasteiger partial charge in [-0.25, -0.2) is 19.9 Å². The van der Waals surface area contributed by atoms with Gasteiger partial charge in [0.05, 0.1) is 16.7 Å². The summed E-state index contributed by atoms with van der Waals surface area (Å²) in [7, 11) is 0. The largest absolute Gasteiger partial charge is 0.384 e. The Balaban J connectivity index is 1.62. The number of nitrogen functional groups attached to an aromatic ring is 1. The van der Waals surface area contributed by atoms with Crippen LogP contribution in [0.25, 0.3) is 10.9 Å². The van der Waals surface area contributed by atoms with E-state index in [1.807, 2.05) is 36.4 Å². The van der Waals surface area contributed by atoms with Crippen molar-refractivity contribution in [3.05, 3.63) is 66.2 Å². The Morgan fingerprint density at radius 1 is 1.00 bits per heavy atom. The average Bonchev–Trinajstić information content (AvgIpc) is 2.65. The molecule has 3 aromatic heterocycles. The number of nitrogens with zero attached hydrogens (tertiary/aromatic N) is 4. The van der Waals surface area contributed by atoms with Gasteiger partial charge in [-0.2, -0.15) is 0 Å². The number of anilines is 3. The molecule has 1 aromatic carbocycles. The minimum atomic E-state index is 0.412. The average molecular weight is 381 g/mol. The number of rotatable bonds is 4. The molecule has 0 unspecified atom stereocenters. The number of aromatic nitrogens is 4. The molecule has 0 fully saturated rings.